The zero-order valence-corrected chi connectivity index (χ0v) is 13.3. The third-order valence-electron chi connectivity index (χ3n) is 2.39. The van der Waals surface area contributed by atoms with E-state index >= 15 is 0 Å². The molecule has 2 rings (SSSR count). The van der Waals surface area contributed by atoms with Crippen molar-refractivity contribution in [2.24, 2.45) is 0 Å². The van der Waals surface area contributed by atoms with E-state index in [1.807, 2.05) is 13.0 Å². The first kappa shape index (κ1) is 14.1. The quantitative estimate of drug-likeness (QED) is 0.883. The topological polar surface area (TPSA) is 54.9 Å². The number of nitrogens with one attached hydrogen (secondary N) is 1. The smallest absolute Gasteiger partial charge is 0.251 e. The molecule has 0 aliphatic carbocycles. The van der Waals surface area contributed by atoms with Gasteiger partial charge in [0, 0.05) is 20.7 Å². The van der Waals surface area contributed by atoms with Crippen molar-refractivity contribution < 1.29 is 4.79 Å². The number of carbonyl (C=O) groups excluding carboxylic acids is 1. The van der Waals surface area contributed by atoms with E-state index in [-0.39, 0.29) is 5.91 Å². The highest BCUT2D eigenvalue weighted by Crippen LogP contribution is 2.20. The Morgan fingerprint density at radius 2 is 1.84 bits per heavy atom. The van der Waals surface area contributed by atoms with Crippen molar-refractivity contribution in [2.75, 3.05) is 0 Å². The lowest BCUT2D eigenvalue weighted by molar-refractivity contribution is 0.0950. The Morgan fingerprint density at radius 3 is 2.42 bits per heavy atom. The van der Waals surface area contributed by atoms with E-state index in [9.17, 15) is 4.79 Å². The van der Waals surface area contributed by atoms with Crippen LogP contribution in [0.4, 0.5) is 0 Å². The standard InChI is InChI=1S/C13H11Br2N3O/c1-8-5-17-12(6-16-8)7-18-13(19)9-2-10(14)4-11(15)3-9/h2-6H,7H2,1H3,(H,18,19). The zero-order valence-electron chi connectivity index (χ0n) is 10.2. The van der Waals surface area contributed by atoms with Crippen molar-refractivity contribution in [1.29, 1.82) is 0 Å². The second kappa shape index (κ2) is 6.25. The summed E-state index contributed by atoms with van der Waals surface area (Å²) in [7, 11) is 0. The van der Waals surface area contributed by atoms with Crippen LogP contribution in [0, 0.1) is 6.92 Å². The van der Waals surface area contributed by atoms with E-state index in [0.29, 0.717) is 12.1 Å². The van der Waals surface area contributed by atoms with Crippen molar-refractivity contribution in [3.63, 3.8) is 0 Å². The lowest BCUT2D eigenvalue weighted by atomic mass is 10.2. The molecule has 0 bridgehead atoms. The first-order valence-corrected chi connectivity index (χ1v) is 7.15. The number of halogens is 2. The molecule has 0 radical (unpaired) electrons. The summed E-state index contributed by atoms with van der Waals surface area (Å²) in [6, 6.07) is 5.41. The Labute approximate surface area is 127 Å². The Hall–Kier alpha value is -1.27. The van der Waals surface area contributed by atoms with E-state index in [1.54, 1.807) is 24.5 Å². The van der Waals surface area contributed by atoms with Gasteiger partial charge in [-0.05, 0) is 25.1 Å². The highest BCUT2D eigenvalue weighted by atomic mass is 79.9. The molecule has 0 saturated heterocycles. The molecule has 1 aromatic carbocycles. The molecule has 1 aromatic heterocycles. The molecule has 2 aromatic rings. The number of aryl methyl sites for hydroxylation is 1. The number of hydrogen-bond donors (Lipinski definition) is 1. The summed E-state index contributed by atoms with van der Waals surface area (Å²) in [4.78, 5) is 20.3. The number of benzene rings is 1. The molecule has 0 aliphatic heterocycles. The molecule has 6 heteroatoms. The molecule has 98 valence electrons. The molecule has 1 heterocycles. The van der Waals surface area contributed by atoms with Gasteiger partial charge in [0.15, 0.2) is 0 Å². The fourth-order valence-corrected chi connectivity index (χ4v) is 2.76. The van der Waals surface area contributed by atoms with Crippen LogP contribution in [0.25, 0.3) is 0 Å². The molecular weight excluding hydrogens is 374 g/mol. The van der Waals surface area contributed by atoms with Gasteiger partial charge in [-0.1, -0.05) is 31.9 Å². The first-order chi connectivity index (χ1) is 9.04. The van der Waals surface area contributed by atoms with Crippen LogP contribution in [0.2, 0.25) is 0 Å². The molecular formula is C13H11Br2N3O. The van der Waals surface area contributed by atoms with E-state index in [2.05, 4.69) is 47.1 Å². The highest BCUT2D eigenvalue weighted by molar-refractivity contribution is 9.11. The van der Waals surface area contributed by atoms with Gasteiger partial charge < -0.3 is 5.32 Å². The van der Waals surface area contributed by atoms with Crippen molar-refractivity contribution in [3.05, 3.63) is 56.5 Å². The zero-order chi connectivity index (χ0) is 13.8. The molecule has 0 saturated carbocycles. The average Bonchev–Trinajstić information content (AvgIpc) is 2.36. The number of carbonyl (C=O) groups is 1. The molecule has 0 aliphatic rings. The van der Waals surface area contributed by atoms with E-state index in [4.69, 9.17) is 0 Å². The van der Waals surface area contributed by atoms with Gasteiger partial charge in [-0.25, -0.2) is 0 Å². The summed E-state index contributed by atoms with van der Waals surface area (Å²) in [6.07, 6.45) is 3.34. The molecule has 4 nitrogen and oxygen atoms in total. The number of amides is 1. The van der Waals surface area contributed by atoms with Gasteiger partial charge in [0.2, 0.25) is 0 Å². The number of rotatable bonds is 3. The van der Waals surface area contributed by atoms with Crippen LogP contribution in [0.5, 0.6) is 0 Å². The highest BCUT2D eigenvalue weighted by Gasteiger charge is 2.07. The molecule has 0 unspecified atom stereocenters. The summed E-state index contributed by atoms with van der Waals surface area (Å²) in [5.74, 6) is -0.149. The number of nitrogens with zero attached hydrogens (tertiary/aromatic N) is 2. The summed E-state index contributed by atoms with van der Waals surface area (Å²) in [5, 5.41) is 2.81. The van der Waals surface area contributed by atoms with Gasteiger partial charge in [-0.3, -0.25) is 14.8 Å². The van der Waals surface area contributed by atoms with Gasteiger partial charge in [-0.15, -0.1) is 0 Å². The second-order valence-electron chi connectivity index (χ2n) is 3.99. The van der Waals surface area contributed by atoms with Crippen LogP contribution in [0.15, 0.2) is 39.5 Å². The van der Waals surface area contributed by atoms with Crippen LogP contribution in [0.1, 0.15) is 21.7 Å². The molecule has 1 amide bonds. The lowest BCUT2D eigenvalue weighted by Gasteiger charge is -2.06. The predicted octanol–water partition coefficient (Wildman–Crippen LogP) is 3.24. The maximum absolute atomic E-state index is 12.0. The fraction of sp³-hybridized carbons (Fsp3) is 0.154. The van der Waals surface area contributed by atoms with Crippen LogP contribution in [-0.2, 0) is 6.54 Å². The minimum atomic E-state index is -0.149. The monoisotopic (exact) mass is 383 g/mol. The molecule has 0 atom stereocenters. The van der Waals surface area contributed by atoms with Crippen LogP contribution < -0.4 is 5.32 Å². The fourth-order valence-electron chi connectivity index (χ4n) is 1.47. The Bertz CT molecular complexity index is 579. The van der Waals surface area contributed by atoms with Gasteiger partial charge in [-0.2, -0.15) is 0 Å². The number of hydrogen-bond acceptors (Lipinski definition) is 3. The molecule has 0 fully saturated rings. The summed E-state index contributed by atoms with van der Waals surface area (Å²) in [5.41, 5.74) is 2.17. The average molecular weight is 385 g/mol. The molecule has 19 heavy (non-hydrogen) atoms. The maximum Gasteiger partial charge on any atom is 0.251 e. The van der Waals surface area contributed by atoms with E-state index in [0.717, 1.165) is 20.3 Å². The summed E-state index contributed by atoms with van der Waals surface area (Å²) < 4.78 is 1.70. The maximum atomic E-state index is 12.0. The molecule has 0 spiro atoms. The van der Waals surface area contributed by atoms with Gasteiger partial charge in [0.05, 0.1) is 24.1 Å². The normalized spacial score (nSPS) is 10.3. The van der Waals surface area contributed by atoms with Crippen LogP contribution >= 0.6 is 31.9 Å². The Balaban J connectivity index is 2.03. The third-order valence-corrected chi connectivity index (χ3v) is 3.30. The van der Waals surface area contributed by atoms with Gasteiger partial charge in [0.1, 0.15) is 0 Å². The van der Waals surface area contributed by atoms with Crippen molar-refractivity contribution in [3.8, 4) is 0 Å². The SMILES string of the molecule is Cc1cnc(CNC(=O)c2cc(Br)cc(Br)c2)cn1. The van der Waals surface area contributed by atoms with Gasteiger partial charge in [0.25, 0.3) is 5.91 Å². The predicted molar refractivity (Wildman–Crippen MR) is 79.8 cm³/mol. The molecule has 1 N–H and O–H groups in total. The van der Waals surface area contributed by atoms with Crippen LogP contribution in [0.3, 0.4) is 0 Å². The van der Waals surface area contributed by atoms with E-state index < -0.39 is 0 Å². The third kappa shape index (κ3) is 4.11. The second-order valence-corrected chi connectivity index (χ2v) is 5.82. The van der Waals surface area contributed by atoms with Crippen molar-refractivity contribution in [1.82, 2.24) is 15.3 Å². The number of aromatic nitrogens is 2. The summed E-state index contributed by atoms with van der Waals surface area (Å²) in [6.45, 7) is 2.23. The largest absolute Gasteiger partial charge is 0.346 e. The first-order valence-electron chi connectivity index (χ1n) is 5.56. The minimum Gasteiger partial charge on any atom is -0.346 e. The van der Waals surface area contributed by atoms with E-state index in [1.165, 1.54) is 0 Å². The lowest BCUT2D eigenvalue weighted by Crippen LogP contribution is -2.23. The van der Waals surface area contributed by atoms with Crippen molar-refractivity contribution >= 4 is 37.8 Å². The minimum absolute atomic E-state index is 0.149. The Kier molecular flexibility index (Phi) is 4.66. The van der Waals surface area contributed by atoms with Gasteiger partial charge >= 0.3 is 0 Å². The van der Waals surface area contributed by atoms with Crippen molar-refractivity contribution in [2.45, 2.75) is 13.5 Å². The Morgan fingerprint density at radius 1 is 1.16 bits per heavy atom. The van der Waals surface area contributed by atoms with Crippen LogP contribution in [-0.4, -0.2) is 15.9 Å². The summed E-state index contributed by atoms with van der Waals surface area (Å²) >= 11 is 6.71.